The highest BCUT2D eigenvalue weighted by atomic mass is 32.2. The van der Waals surface area contributed by atoms with Crippen LogP contribution in [0.2, 0.25) is 0 Å². The fourth-order valence-corrected chi connectivity index (χ4v) is 4.69. The third kappa shape index (κ3) is 2.19. The molecule has 0 saturated heterocycles. The van der Waals surface area contributed by atoms with Crippen molar-refractivity contribution in [3.8, 4) is 0 Å². The number of rotatable bonds is 3. The van der Waals surface area contributed by atoms with Crippen molar-refractivity contribution < 1.29 is 8.42 Å². The molecule has 0 heterocycles. The van der Waals surface area contributed by atoms with E-state index in [1.807, 2.05) is 19.1 Å². The third-order valence-corrected chi connectivity index (χ3v) is 5.88. The monoisotopic (exact) mass is 265 g/mol. The van der Waals surface area contributed by atoms with Crippen LogP contribution in [-0.4, -0.2) is 14.5 Å². The average Bonchev–Trinajstić information content (AvgIpc) is 2.91. The van der Waals surface area contributed by atoms with Crippen molar-refractivity contribution in [3.63, 3.8) is 0 Å². The van der Waals surface area contributed by atoms with Gasteiger partial charge in [-0.05, 0) is 50.2 Å². The van der Waals surface area contributed by atoms with E-state index in [2.05, 4.69) is 4.72 Å². The molecule has 18 heavy (non-hydrogen) atoms. The fraction of sp³-hybridized carbons (Fsp3) is 0.571. The van der Waals surface area contributed by atoms with Gasteiger partial charge in [0.25, 0.3) is 0 Å². The Hall–Kier alpha value is -0.870. The maximum Gasteiger partial charge on any atom is 0.240 e. The number of nitrogens with one attached hydrogen (secondary N) is 1. The Labute approximate surface area is 109 Å². The summed E-state index contributed by atoms with van der Waals surface area (Å²) >= 11 is 0. The van der Waals surface area contributed by atoms with Crippen LogP contribution in [0.5, 0.6) is 0 Å². The molecule has 0 aromatic heterocycles. The number of sulfonamides is 1. The highest BCUT2D eigenvalue weighted by Gasteiger charge is 2.41. The van der Waals surface area contributed by atoms with Crippen LogP contribution in [0, 0.1) is 18.8 Å². The normalized spacial score (nSPS) is 30.8. The molecule has 3 rings (SSSR count). The van der Waals surface area contributed by atoms with Crippen LogP contribution in [-0.2, 0) is 10.0 Å². The molecule has 2 saturated carbocycles. The van der Waals surface area contributed by atoms with Gasteiger partial charge in [-0.15, -0.1) is 0 Å². The van der Waals surface area contributed by atoms with Crippen molar-refractivity contribution in [3.05, 3.63) is 29.8 Å². The van der Waals surface area contributed by atoms with Crippen LogP contribution in [0.1, 0.15) is 31.2 Å². The molecule has 0 unspecified atom stereocenters. The molecule has 0 amide bonds. The van der Waals surface area contributed by atoms with Crippen LogP contribution in [0.15, 0.2) is 29.2 Å². The Morgan fingerprint density at radius 3 is 2.39 bits per heavy atom. The molecule has 3 atom stereocenters. The smallest absolute Gasteiger partial charge is 0.208 e. The van der Waals surface area contributed by atoms with Crippen molar-refractivity contribution in [1.29, 1.82) is 0 Å². The molecule has 0 spiro atoms. The number of benzene rings is 1. The van der Waals surface area contributed by atoms with E-state index in [9.17, 15) is 8.42 Å². The lowest BCUT2D eigenvalue weighted by Gasteiger charge is -2.22. The summed E-state index contributed by atoms with van der Waals surface area (Å²) in [6, 6.07) is 7.22. The highest BCUT2D eigenvalue weighted by molar-refractivity contribution is 7.89. The number of hydrogen-bond acceptors (Lipinski definition) is 2. The molecule has 2 aliphatic rings. The van der Waals surface area contributed by atoms with Crippen molar-refractivity contribution in [2.45, 2.75) is 43.5 Å². The summed E-state index contributed by atoms with van der Waals surface area (Å²) in [4.78, 5) is 0.385. The first-order chi connectivity index (χ1) is 8.54. The van der Waals surface area contributed by atoms with Gasteiger partial charge < -0.3 is 0 Å². The topological polar surface area (TPSA) is 46.2 Å². The van der Waals surface area contributed by atoms with Gasteiger partial charge in [0, 0.05) is 6.04 Å². The SMILES string of the molecule is Cc1ccc(S(=O)(=O)N[C@H]2C[C@H]3CC[C@@H]2C3)cc1. The maximum absolute atomic E-state index is 12.3. The minimum Gasteiger partial charge on any atom is -0.208 e. The van der Waals surface area contributed by atoms with Gasteiger partial charge in [0.05, 0.1) is 4.90 Å². The second-order valence-corrected chi connectivity index (χ2v) is 7.43. The van der Waals surface area contributed by atoms with Gasteiger partial charge in [-0.3, -0.25) is 0 Å². The van der Waals surface area contributed by atoms with E-state index in [0.29, 0.717) is 10.8 Å². The zero-order valence-electron chi connectivity index (χ0n) is 10.6. The molecular formula is C14H19NO2S. The second-order valence-electron chi connectivity index (χ2n) is 5.72. The fourth-order valence-electron chi connectivity index (χ4n) is 3.37. The zero-order chi connectivity index (χ0) is 12.8. The molecule has 0 radical (unpaired) electrons. The van der Waals surface area contributed by atoms with Crippen LogP contribution < -0.4 is 4.72 Å². The third-order valence-electron chi connectivity index (χ3n) is 4.38. The number of aryl methyl sites for hydroxylation is 1. The average molecular weight is 265 g/mol. The first kappa shape index (κ1) is 12.2. The van der Waals surface area contributed by atoms with Crippen LogP contribution in [0.4, 0.5) is 0 Å². The van der Waals surface area contributed by atoms with Gasteiger partial charge in [-0.1, -0.05) is 24.1 Å². The predicted octanol–water partition coefficient (Wildman–Crippen LogP) is 2.46. The van der Waals surface area contributed by atoms with Crippen molar-refractivity contribution in [1.82, 2.24) is 4.72 Å². The molecule has 1 aromatic carbocycles. The van der Waals surface area contributed by atoms with Gasteiger partial charge in [0.15, 0.2) is 0 Å². The molecule has 2 fully saturated rings. The summed E-state index contributed by atoms with van der Waals surface area (Å²) in [6.45, 7) is 1.96. The van der Waals surface area contributed by atoms with Crippen molar-refractivity contribution in [2.24, 2.45) is 11.8 Å². The minimum absolute atomic E-state index is 0.162. The molecule has 2 bridgehead atoms. The van der Waals surface area contributed by atoms with Gasteiger partial charge >= 0.3 is 0 Å². The molecule has 0 aliphatic heterocycles. The Kier molecular flexibility index (Phi) is 2.94. The summed E-state index contributed by atoms with van der Waals surface area (Å²) < 4.78 is 27.4. The minimum atomic E-state index is -3.33. The Morgan fingerprint density at radius 2 is 1.83 bits per heavy atom. The lowest BCUT2D eigenvalue weighted by molar-refractivity contribution is 0.390. The van der Waals surface area contributed by atoms with Gasteiger partial charge in [0.2, 0.25) is 10.0 Å². The molecule has 1 N–H and O–H groups in total. The van der Waals surface area contributed by atoms with E-state index in [-0.39, 0.29) is 6.04 Å². The summed E-state index contributed by atoms with van der Waals surface area (Å²) in [6.07, 6.45) is 4.70. The molecular weight excluding hydrogens is 246 g/mol. The summed E-state index contributed by atoms with van der Waals surface area (Å²) in [5, 5.41) is 0. The van der Waals surface area contributed by atoms with E-state index < -0.39 is 10.0 Å². The van der Waals surface area contributed by atoms with Gasteiger partial charge in [0.1, 0.15) is 0 Å². The van der Waals surface area contributed by atoms with E-state index in [4.69, 9.17) is 0 Å². The molecule has 4 heteroatoms. The van der Waals surface area contributed by atoms with E-state index in [1.54, 1.807) is 12.1 Å². The zero-order valence-corrected chi connectivity index (χ0v) is 11.4. The van der Waals surface area contributed by atoms with Crippen molar-refractivity contribution >= 4 is 10.0 Å². The summed E-state index contributed by atoms with van der Waals surface area (Å²) in [5.74, 6) is 1.32. The number of hydrogen-bond donors (Lipinski definition) is 1. The molecule has 98 valence electrons. The quantitative estimate of drug-likeness (QED) is 0.912. The van der Waals surface area contributed by atoms with Gasteiger partial charge in [-0.25, -0.2) is 13.1 Å². The first-order valence-corrected chi connectivity index (χ1v) is 8.12. The van der Waals surface area contributed by atoms with Crippen LogP contribution in [0.25, 0.3) is 0 Å². The van der Waals surface area contributed by atoms with Gasteiger partial charge in [-0.2, -0.15) is 0 Å². The predicted molar refractivity (Wildman–Crippen MR) is 70.7 cm³/mol. The van der Waals surface area contributed by atoms with Crippen LogP contribution >= 0.6 is 0 Å². The summed E-state index contributed by atoms with van der Waals surface area (Å²) in [5.41, 5.74) is 1.08. The Morgan fingerprint density at radius 1 is 1.11 bits per heavy atom. The Balaban J connectivity index is 1.77. The van der Waals surface area contributed by atoms with Crippen molar-refractivity contribution in [2.75, 3.05) is 0 Å². The standard InChI is InChI=1S/C14H19NO2S/c1-10-2-6-13(7-3-10)18(16,17)15-14-9-11-4-5-12(14)8-11/h2-3,6-7,11-12,14-15H,4-5,8-9H2,1H3/t11-,12+,14-/m0/s1. The lowest BCUT2D eigenvalue weighted by atomic mass is 9.96. The summed E-state index contributed by atoms with van der Waals surface area (Å²) in [7, 11) is -3.33. The molecule has 2 aliphatic carbocycles. The van der Waals surface area contributed by atoms with Crippen LogP contribution in [0.3, 0.4) is 0 Å². The van der Waals surface area contributed by atoms with E-state index in [0.717, 1.165) is 17.9 Å². The highest BCUT2D eigenvalue weighted by Crippen LogP contribution is 2.44. The Bertz CT molecular complexity index is 535. The largest absolute Gasteiger partial charge is 0.240 e. The maximum atomic E-state index is 12.3. The van der Waals surface area contributed by atoms with E-state index >= 15 is 0 Å². The van der Waals surface area contributed by atoms with E-state index in [1.165, 1.54) is 19.3 Å². The second kappa shape index (κ2) is 4.35. The lowest BCUT2D eigenvalue weighted by Crippen LogP contribution is -2.38. The number of fused-ring (bicyclic) bond motifs is 2. The molecule has 1 aromatic rings. The molecule has 3 nitrogen and oxygen atoms in total. The first-order valence-electron chi connectivity index (χ1n) is 6.63.